The maximum Gasteiger partial charge on any atom is 0.233 e. The Morgan fingerprint density at radius 3 is 2.14 bits per heavy atom. The molecule has 1 aromatic carbocycles. The third kappa shape index (κ3) is 3.93. The van der Waals surface area contributed by atoms with Crippen LogP contribution in [-0.4, -0.2) is 35.3 Å². The monoisotopic (exact) mass is 396 g/mol. The van der Waals surface area contributed by atoms with E-state index >= 15 is 0 Å². The van der Waals surface area contributed by atoms with Crippen LogP contribution >= 0.6 is 0 Å². The van der Waals surface area contributed by atoms with E-state index in [2.05, 4.69) is 5.32 Å². The van der Waals surface area contributed by atoms with Crippen LogP contribution in [0.5, 0.6) is 5.75 Å². The summed E-state index contributed by atoms with van der Waals surface area (Å²) in [6.45, 7) is 2.54. The molecule has 0 spiro atoms. The highest BCUT2D eigenvalue weighted by atomic mass is 16.5. The summed E-state index contributed by atoms with van der Waals surface area (Å²) in [5.41, 5.74) is 0.752. The van der Waals surface area contributed by atoms with Gasteiger partial charge in [-0.2, -0.15) is 0 Å². The summed E-state index contributed by atoms with van der Waals surface area (Å²) in [5.74, 6) is 0.334. The highest BCUT2D eigenvalue weighted by molar-refractivity contribution is 6.05. The predicted octanol–water partition coefficient (Wildman–Crippen LogP) is 3.53. The van der Waals surface area contributed by atoms with Gasteiger partial charge in [0.15, 0.2) is 0 Å². The topological polar surface area (TPSA) is 75.7 Å². The standard InChI is InChI=1S/C23H28N2O4/c1-2-29-18-13-9-16(10-14-18)24-21(26)15-7-11-17(12-8-15)25-22(27)19-5-3-4-6-20(19)23(25)28/h3-4,9-10,13-15,17,19-20H,2,5-8,11-12H2,1H3,(H,24,26)/t15?,17?,19-,20+. The fraction of sp³-hybridized carbons (Fsp3) is 0.522. The van der Waals surface area contributed by atoms with Crippen molar-refractivity contribution in [3.63, 3.8) is 0 Å². The number of ether oxygens (including phenoxy) is 1. The predicted molar refractivity (Wildman–Crippen MR) is 109 cm³/mol. The number of amides is 3. The first kappa shape index (κ1) is 19.7. The molecule has 1 saturated carbocycles. The van der Waals surface area contributed by atoms with Crippen LogP contribution in [-0.2, 0) is 14.4 Å². The minimum Gasteiger partial charge on any atom is -0.494 e. The van der Waals surface area contributed by atoms with E-state index in [1.54, 1.807) is 0 Å². The van der Waals surface area contributed by atoms with Crippen LogP contribution in [0.25, 0.3) is 0 Å². The summed E-state index contributed by atoms with van der Waals surface area (Å²) in [6.07, 6.45) is 8.15. The SMILES string of the molecule is CCOc1ccc(NC(=O)C2CCC(N3C(=O)[C@H]4CC=CC[C@H]4C3=O)CC2)cc1. The lowest BCUT2D eigenvalue weighted by molar-refractivity contribution is -0.143. The second-order valence-electron chi connectivity index (χ2n) is 8.15. The van der Waals surface area contributed by atoms with Gasteiger partial charge in [0.1, 0.15) is 5.75 Å². The van der Waals surface area contributed by atoms with Gasteiger partial charge >= 0.3 is 0 Å². The Hall–Kier alpha value is -2.63. The lowest BCUT2D eigenvalue weighted by Gasteiger charge is -2.33. The molecule has 1 aromatic rings. The molecule has 1 saturated heterocycles. The maximum absolute atomic E-state index is 12.8. The maximum atomic E-state index is 12.8. The zero-order chi connectivity index (χ0) is 20.4. The van der Waals surface area contributed by atoms with Gasteiger partial charge in [-0.05, 0) is 69.7 Å². The lowest BCUT2D eigenvalue weighted by Crippen LogP contribution is -2.43. The third-order valence-electron chi connectivity index (χ3n) is 6.41. The van der Waals surface area contributed by atoms with E-state index in [0.29, 0.717) is 45.1 Å². The zero-order valence-corrected chi connectivity index (χ0v) is 16.8. The number of rotatable bonds is 5. The van der Waals surface area contributed by atoms with E-state index < -0.39 is 0 Å². The van der Waals surface area contributed by atoms with Gasteiger partial charge < -0.3 is 10.1 Å². The first-order chi connectivity index (χ1) is 14.1. The molecule has 6 heteroatoms. The first-order valence-corrected chi connectivity index (χ1v) is 10.6. The number of carbonyl (C=O) groups is 3. The summed E-state index contributed by atoms with van der Waals surface area (Å²) < 4.78 is 5.42. The van der Waals surface area contributed by atoms with Gasteiger partial charge in [-0.15, -0.1) is 0 Å². The Kier molecular flexibility index (Phi) is 5.69. The van der Waals surface area contributed by atoms with E-state index in [1.807, 2.05) is 43.3 Å². The number of likely N-dealkylation sites (tertiary alicyclic amines) is 1. The van der Waals surface area contributed by atoms with Crippen LogP contribution < -0.4 is 10.1 Å². The first-order valence-electron chi connectivity index (χ1n) is 10.6. The van der Waals surface area contributed by atoms with E-state index in [1.165, 1.54) is 4.90 Å². The van der Waals surface area contributed by atoms with Crippen molar-refractivity contribution in [2.24, 2.45) is 17.8 Å². The van der Waals surface area contributed by atoms with Crippen molar-refractivity contribution in [1.82, 2.24) is 4.90 Å². The minimum absolute atomic E-state index is 0.00422. The van der Waals surface area contributed by atoms with Gasteiger partial charge in [-0.1, -0.05) is 12.2 Å². The Morgan fingerprint density at radius 2 is 1.59 bits per heavy atom. The van der Waals surface area contributed by atoms with Crippen LogP contribution in [0.2, 0.25) is 0 Å². The number of imide groups is 1. The molecule has 1 heterocycles. The van der Waals surface area contributed by atoms with Gasteiger partial charge in [-0.3, -0.25) is 19.3 Å². The molecule has 2 aliphatic carbocycles. The molecule has 3 aliphatic rings. The van der Waals surface area contributed by atoms with Crippen LogP contribution in [0.1, 0.15) is 45.4 Å². The highest BCUT2D eigenvalue weighted by Gasteiger charge is 2.50. The number of hydrogen-bond donors (Lipinski definition) is 1. The number of fused-ring (bicyclic) bond motifs is 1. The largest absolute Gasteiger partial charge is 0.494 e. The van der Waals surface area contributed by atoms with Gasteiger partial charge in [0.05, 0.1) is 18.4 Å². The molecule has 1 N–H and O–H groups in total. The molecule has 29 heavy (non-hydrogen) atoms. The van der Waals surface area contributed by atoms with Crippen molar-refractivity contribution in [3.8, 4) is 5.75 Å². The fourth-order valence-electron chi connectivity index (χ4n) is 4.83. The van der Waals surface area contributed by atoms with E-state index in [0.717, 1.165) is 11.4 Å². The van der Waals surface area contributed by atoms with Gasteiger partial charge in [0.2, 0.25) is 17.7 Å². The summed E-state index contributed by atoms with van der Waals surface area (Å²) >= 11 is 0. The average Bonchev–Trinajstić information content (AvgIpc) is 3.00. The number of benzene rings is 1. The van der Waals surface area contributed by atoms with Crippen LogP contribution in [0.4, 0.5) is 5.69 Å². The van der Waals surface area contributed by atoms with Crippen LogP contribution in [0.3, 0.4) is 0 Å². The molecule has 3 amide bonds. The van der Waals surface area contributed by atoms with Crippen molar-refractivity contribution >= 4 is 23.4 Å². The number of hydrogen-bond acceptors (Lipinski definition) is 4. The van der Waals surface area contributed by atoms with Crippen molar-refractivity contribution in [1.29, 1.82) is 0 Å². The quantitative estimate of drug-likeness (QED) is 0.610. The molecule has 1 aliphatic heterocycles. The molecular formula is C23H28N2O4. The number of nitrogens with zero attached hydrogens (tertiary/aromatic N) is 1. The number of allylic oxidation sites excluding steroid dienone is 2. The molecule has 0 bridgehead atoms. The zero-order valence-electron chi connectivity index (χ0n) is 16.8. The summed E-state index contributed by atoms with van der Waals surface area (Å²) in [7, 11) is 0. The Balaban J connectivity index is 1.31. The smallest absolute Gasteiger partial charge is 0.233 e. The molecule has 154 valence electrons. The molecule has 0 radical (unpaired) electrons. The molecular weight excluding hydrogens is 368 g/mol. The molecule has 0 unspecified atom stereocenters. The minimum atomic E-state index is -0.173. The van der Waals surface area contributed by atoms with Gasteiger partial charge in [0.25, 0.3) is 0 Å². The van der Waals surface area contributed by atoms with E-state index in [9.17, 15) is 14.4 Å². The normalized spacial score (nSPS) is 28.9. The van der Waals surface area contributed by atoms with Gasteiger partial charge in [0, 0.05) is 17.6 Å². The average molecular weight is 396 g/mol. The Bertz CT molecular complexity index is 783. The Morgan fingerprint density at radius 1 is 1.00 bits per heavy atom. The number of anilines is 1. The highest BCUT2D eigenvalue weighted by Crippen LogP contribution is 2.39. The van der Waals surface area contributed by atoms with Crippen LogP contribution in [0, 0.1) is 17.8 Å². The molecule has 6 nitrogen and oxygen atoms in total. The Labute approximate surface area is 171 Å². The number of carbonyl (C=O) groups excluding carboxylic acids is 3. The molecule has 0 aromatic heterocycles. The van der Waals surface area contributed by atoms with E-state index in [-0.39, 0.29) is 41.5 Å². The second kappa shape index (κ2) is 8.39. The van der Waals surface area contributed by atoms with E-state index in [4.69, 9.17) is 4.74 Å². The van der Waals surface area contributed by atoms with Crippen molar-refractivity contribution in [3.05, 3.63) is 36.4 Å². The molecule has 2 fully saturated rings. The summed E-state index contributed by atoms with van der Waals surface area (Å²) in [4.78, 5) is 39.7. The van der Waals surface area contributed by atoms with Gasteiger partial charge in [-0.25, -0.2) is 0 Å². The van der Waals surface area contributed by atoms with Crippen LogP contribution in [0.15, 0.2) is 36.4 Å². The molecule has 4 rings (SSSR count). The second-order valence-corrected chi connectivity index (χ2v) is 8.15. The van der Waals surface area contributed by atoms with Crippen molar-refractivity contribution in [2.45, 2.75) is 51.5 Å². The molecule has 2 atom stereocenters. The number of nitrogens with one attached hydrogen (secondary N) is 1. The third-order valence-corrected chi connectivity index (χ3v) is 6.41. The summed E-state index contributed by atoms with van der Waals surface area (Å²) in [5, 5.41) is 2.97. The van der Waals surface area contributed by atoms with Crippen molar-refractivity contribution in [2.75, 3.05) is 11.9 Å². The summed E-state index contributed by atoms with van der Waals surface area (Å²) in [6, 6.07) is 7.30. The fourth-order valence-corrected chi connectivity index (χ4v) is 4.83. The van der Waals surface area contributed by atoms with Crippen molar-refractivity contribution < 1.29 is 19.1 Å². The lowest BCUT2D eigenvalue weighted by atomic mass is 9.84.